The number of hydrogen-bond donors (Lipinski definition) is 0. The summed E-state index contributed by atoms with van der Waals surface area (Å²) in [6.45, 7) is 0. The molecule has 1 heterocycles. The summed E-state index contributed by atoms with van der Waals surface area (Å²) in [5.74, 6) is 0. The Labute approximate surface area is 80.9 Å². The maximum Gasteiger partial charge on any atom is 0.284 e. The van der Waals surface area contributed by atoms with Crippen molar-refractivity contribution in [3.05, 3.63) is 29.8 Å². The highest BCUT2D eigenvalue weighted by Gasteiger charge is 2.27. The van der Waals surface area contributed by atoms with Crippen molar-refractivity contribution in [3.63, 3.8) is 0 Å². The van der Waals surface area contributed by atoms with Crippen LogP contribution in [0.15, 0.2) is 33.6 Å². The first-order valence-electron chi connectivity index (χ1n) is 3.63. The second-order valence-electron chi connectivity index (χ2n) is 2.57. The van der Waals surface area contributed by atoms with Gasteiger partial charge in [0.15, 0.2) is 0 Å². The van der Waals surface area contributed by atoms with Crippen LogP contribution in [0.3, 0.4) is 0 Å². The van der Waals surface area contributed by atoms with E-state index in [1.807, 2.05) is 12.3 Å². The Balaban J connectivity index is 2.76. The molecule has 0 fully saturated rings. The number of benzene rings is 1. The average Bonchev–Trinajstić information content (AvgIpc) is 2.39. The standard InChI is InChI=1S/C8H7NO2S2/c1-12-8-6-4-2-3-5-7(6)13(10,11)9-8/h2-5H,1H3. The number of sulfonamides is 1. The molecule has 68 valence electrons. The van der Waals surface area contributed by atoms with Crippen molar-refractivity contribution < 1.29 is 8.42 Å². The fraction of sp³-hybridized carbons (Fsp3) is 0.125. The molecule has 0 bridgehead atoms. The van der Waals surface area contributed by atoms with Crippen LogP contribution in [-0.2, 0) is 10.0 Å². The van der Waals surface area contributed by atoms with Gasteiger partial charge in [-0.2, -0.15) is 12.8 Å². The van der Waals surface area contributed by atoms with E-state index in [1.54, 1.807) is 18.2 Å². The predicted molar refractivity (Wildman–Crippen MR) is 53.7 cm³/mol. The molecule has 13 heavy (non-hydrogen) atoms. The Hall–Kier alpha value is -0.810. The molecular weight excluding hydrogens is 206 g/mol. The summed E-state index contributed by atoms with van der Waals surface area (Å²) in [4.78, 5) is 0.319. The fourth-order valence-corrected chi connectivity index (χ4v) is 3.39. The highest BCUT2D eigenvalue weighted by molar-refractivity contribution is 8.14. The molecule has 0 aliphatic carbocycles. The SMILES string of the molecule is CSC1=NS(=O)(=O)c2ccccc21. The number of hydrogen-bond acceptors (Lipinski definition) is 3. The summed E-state index contributed by atoms with van der Waals surface area (Å²) >= 11 is 1.35. The zero-order chi connectivity index (χ0) is 9.47. The van der Waals surface area contributed by atoms with Gasteiger partial charge in [-0.25, -0.2) is 0 Å². The lowest BCUT2D eigenvalue weighted by atomic mass is 10.2. The Bertz CT molecular complexity index is 477. The van der Waals surface area contributed by atoms with Crippen molar-refractivity contribution in [3.8, 4) is 0 Å². The minimum Gasteiger partial charge on any atom is -0.199 e. The summed E-state index contributed by atoms with van der Waals surface area (Å²) in [6, 6.07) is 6.87. The molecule has 3 nitrogen and oxygen atoms in total. The first-order chi connectivity index (χ1) is 6.15. The van der Waals surface area contributed by atoms with Crippen LogP contribution in [0.5, 0.6) is 0 Å². The zero-order valence-electron chi connectivity index (χ0n) is 6.89. The average molecular weight is 213 g/mol. The van der Waals surface area contributed by atoms with Gasteiger partial charge in [-0.1, -0.05) is 18.2 Å². The third-order valence-electron chi connectivity index (χ3n) is 1.79. The third kappa shape index (κ3) is 1.28. The smallest absolute Gasteiger partial charge is 0.199 e. The molecule has 0 aromatic heterocycles. The van der Waals surface area contributed by atoms with Crippen molar-refractivity contribution >= 4 is 26.8 Å². The van der Waals surface area contributed by atoms with Crippen molar-refractivity contribution in [1.29, 1.82) is 0 Å². The fourth-order valence-electron chi connectivity index (χ4n) is 1.22. The van der Waals surface area contributed by atoms with Crippen LogP contribution in [0.4, 0.5) is 0 Å². The van der Waals surface area contributed by atoms with Crippen LogP contribution in [-0.4, -0.2) is 19.7 Å². The van der Waals surface area contributed by atoms with Crippen LogP contribution in [0, 0.1) is 0 Å². The molecule has 0 amide bonds. The monoisotopic (exact) mass is 213 g/mol. The molecule has 0 radical (unpaired) electrons. The molecule has 2 rings (SSSR count). The maximum absolute atomic E-state index is 11.4. The summed E-state index contributed by atoms with van der Waals surface area (Å²) in [6.07, 6.45) is 1.82. The molecule has 0 saturated heterocycles. The van der Waals surface area contributed by atoms with Crippen LogP contribution in [0.25, 0.3) is 0 Å². The second-order valence-corrected chi connectivity index (χ2v) is 4.94. The van der Waals surface area contributed by atoms with Gasteiger partial charge in [-0.05, 0) is 12.3 Å². The molecule has 1 aliphatic rings. The molecule has 0 saturated carbocycles. The van der Waals surface area contributed by atoms with Gasteiger partial charge in [0, 0.05) is 5.56 Å². The molecule has 0 spiro atoms. The highest BCUT2D eigenvalue weighted by atomic mass is 32.2. The molecule has 1 aliphatic heterocycles. The summed E-state index contributed by atoms with van der Waals surface area (Å²) in [5.41, 5.74) is 0.718. The lowest BCUT2D eigenvalue weighted by Gasteiger charge is -1.95. The van der Waals surface area contributed by atoms with Gasteiger partial charge in [-0.3, -0.25) is 0 Å². The van der Waals surface area contributed by atoms with Crippen molar-refractivity contribution in [2.75, 3.05) is 6.26 Å². The quantitative estimate of drug-likeness (QED) is 0.656. The first kappa shape index (κ1) is 8.77. The zero-order valence-corrected chi connectivity index (χ0v) is 8.52. The third-order valence-corrected chi connectivity index (χ3v) is 3.94. The van der Waals surface area contributed by atoms with E-state index in [2.05, 4.69) is 4.40 Å². The Morgan fingerprint density at radius 1 is 1.31 bits per heavy atom. The van der Waals surface area contributed by atoms with Crippen molar-refractivity contribution in [1.82, 2.24) is 0 Å². The van der Waals surface area contributed by atoms with E-state index in [-0.39, 0.29) is 0 Å². The predicted octanol–water partition coefficient (Wildman–Crippen LogP) is 1.50. The minimum absolute atomic E-state index is 0.319. The lowest BCUT2D eigenvalue weighted by Crippen LogP contribution is -1.92. The van der Waals surface area contributed by atoms with E-state index in [4.69, 9.17) is 0 Å². The van der Waals surface area contributed by atoms with E-state index in [0.29, 0.717) is 9.94 Å². The topological polar surface area (TPSA) is 46.5 Å². The van der Waals surface area contributed by atoms with E-state index in [0.717, 1.165) is 5.56 Å². The largest absolute Gasteiger partial charge is 0.284 e. The molecular formula is C8H7NO2S2. The maximum atomic E-state index is 11.4. The lowest BCUT2D eigenvalue weighted by molar-refractivity contribution is 0.599. The summed E-state index contributed by atoms with van der Waals surface area (Å²) in [5, 5.41) is 0.579. The van der Waals surface area contributed by atoms with Crippen LogP contribution >= 0.6 is 11.8 Å². The molecule has 0 N–H and O–H groups in total. The van der Waals surface area contributed by atoms with E-state index in [1.165, 1.54) is 11.8 Å². The molecule has 0 unspecified atom stereocenters. The van der Waals surface area contributed by atoms with Crippen LogP contribution < -0.4 is 0 Å². The van der Waals surface area contributed by atoms with Crippen molar-refractivity contribution in [2.45, 2.75) is 4.90 Å². The van der Waals surface area contributed by atoms with Crippen molar-refractivity contribution in [2.24, 2.45) is 4.40 Å². The first-order valence-corrected chi connectivity index (χ1v) is 6.30. The highest BCUT2D eigenvalue weighted by Crippen LogP contribution is 2.29. The van der Waals surface area contributed by atoms with E-state index < -0.39 is 10.0 Å². The molecule has 1 aromatic rings. The van der Waals surface area contributed by atoms with Gasteiger partial charge in [0.2, 0.25) is 0 Å². The number of thioether (sulfide) groups is 1. The van der Waals surface area contributed by atoms with Gasteiger partial charge in [-0.15, -0.1) is 11.8 Å². The van der Waals surface area contributed by atoms with Gasteiger partial charge in [0.25, 0.3) is 10.0 Å². The van der Waals surface area contributed by atoms with Gasteiger partial charge in [0.1, 0.15) is 5.04 Å². The minimum atomic E-state index is -3.40. The Kier molecular flexibility index (Phi) is 1.92. The van der Waals surface area contributed by atoms with Crippen LogP contribution in [0.1, 0.15) is 5.56 Å². The van der Waals surface area contributed by atoms with E-state index >= 15 is 0 Å². The van der Waals surface area contributed by atoms with Gasteiger partial charge >= 0.3 is 0 Å². The van der Waals surface area contributed by atoms with Gasteiger partial charge < -0.3 is 0 Å². The van der Waals surface area contributed by atoms with Gasteiger partial charge in [0.05, 0.1) is 4.90 Å². The number of fused-ring (bicyclic) bond motifs is 1. The number of nitrogens with zero attached hydrogens (tertiary/aromatic N) is 1. The second kappa shape index (κ2) is 2.85. The molecule has 5 heteroatoms. The summed E-state index contributed by atoms with van der Waals surface area (Å²) < 4.78 is 26.5. The Morgan fingerprint density at radius 3 is 2.69 bits per heavy atom. The normalized spacial score (nSPS) is 18.1. The Morgan fingerprint density at radius 2 is 2.00 bits per heavy atom. The molecule has 0 atom stereocenters. The van der Waals surface area contributed by atoms with Crippen LogP contribution in [0.2, 0.25) is 0 Å². The number of rotatable bonds is 0. The molecule has 1 aromatic carbocycles. The van der Waals surface area contributed by atoms with E-state index in [9.17, 15) is 8.42 Å². The summed E-state index contributed by atoms with van der Waals surface area (Å²) in [7, 11) is -3.40.